The van der Waals surface area contributed by atoms with E-state index >= 15 is 0 Å². The van der Waals surface area contributed by atoms with E-state index < -0.39 is 6.08 Å². The van der Waals surface area contributed by atoms with Gasteiger partial charge < -0.3 is 0 Å². The van der Waals surface area contributed by atoms with E-state index in [1.54, 1.807) is 6.08 Å². The van der Waals surface area contributed by atoms with Gasteiger partial charge in [0.1, 0.15) is 0 Å². The summed E-state index contributed by atoms with van der Waals surface area (Å²) >= 11 is 0. The molecule has 96 valence electrons. The SMILES string of the molecule is C=C(C)C.C=C(C)F.C=CC.CC=C(F)F. The van der Waals surface area contributed by atoms with Gasteiger partial charge >= 0.3 is 0 Å². The van der Waals surface area contributed by atoms with Crippen LogP contribution in [0.25, 0.3) is 0 Å². The number of halogens is 3. The van der Waals surface area contributed by atoms with E-state index in [9.17, 15) is 13.2 Å². The lowest BCUT2D eigenvalue weighted by Gasteiger charge is -1.65. The van der Waals surface area contributed by atoms with Crippen LogP contribution in [0.4, 0.5) is 13.2 Å². The second-order valence-electron chi connectivity index (χ2n) is 2.87. The van der Waals surface area contributed by atoms with E-state index in [1.165, 1.54) is 19.4 Å². The van der Waals surface area contributed by atoms with Crippen molar-refractivity contribution in [2.45, 2.75) is 34.6 Å². The summed E-state index contributed by atoms with van der Waals surface area (Å²) in [6.45, 7) is 18.2. The molecule has 0 aromatic rings. The van der Waals surface area contributed by atoms with Crippen LogP contribution < -0.4 is 0 Å². The zero-order chi connectivity index (χ0) is 14.1. The Balaban J connectivity index is -0.0000000610. The molecule has 3 heteroatoms. The Bertz CT molecular complexity index is 179. The Morgan fingerprint density at radius 2 is 1.00 bits per heavy atom. The molecule has 0 rings (SSSR count). The minimum atomic E-state index is -1.62. The van der Waals surface area contributed by atoms with Crippen molar-refractivity contribution in [3.05, 3.63) is 49.4 Å². The third-order valence-corrected chi connectivity index (χ3v) is 0.218. The molecule has 0 aromatic heterocycles. The molecule has 0 bridgehead atoms. The lowest BCUT2D eigenvalue weighted by atomic mass is 10.4. The largest absolute Gasteiger partial charge is 0.266 e. The first kappa shape index (κ1) is 24.1. The van der Waals surface area contributed by atoms with Gasteiger partial charge in [0.15, 0.2) is 0 Å². The topological polar surface area (TPSA) is 0 Å². The molecular formula is C13H23F3. The van der Waals surface area contributed by atoms with E-state index in [-0.39, 0.29) is 5.83 Å². The molecule has 0 heterocycles. The van der Waals surface area contributed by atoms with Crippen LogP contribution >= 0.6 is 0 Å². The van der Waals surface area contributed by atoms with E-state index in [0.29, 0.717) is 0 Å². The Hall–Kier alpha value is -1.25. The summed E-state index contributed by atoms with van der Waals surface area (Å²) in [5.41, 5.74) is 1.17. The molecule has 0 unspecified atom stereocenters. The summed E-state index contributed by atoms with van der Waals surface area (Å²) in [7, 11) is 0. The van der Waals surface area contributed by atoms with Crippen LogP contribution in [0.3, 0.4) is 0 Å². The summed E-state index contributed by atoms with van der Waals surface area (Å²) < 4.78 is 32.1. The second-order valence-corrected chi connectivity index (χ2v) is 2.87. The highest BCUT2D eigenvalue weighted by atomic mass is 19.3. The molecule has 0 aromatic carbocycles. The maximum absolute atomic E-state index is 10.8. The van der Waals surface area contributed by atoms with Crippen LogP contribution in [-0.2, 0) is 0 Å². The Labute approximate surface area is 97.9 Å². The van der Waals surface area contributed by atoms with Gasteiger partial charge in [0, 0.05) is 0 Å². The molecule has 0 spiro atoms. The highest BCUT2D eigenvalue weighted by molar-refractivity contribution is 4.78. The van der Waals surface area contributed by atoms with Gasteiger partial charge in [-0.05, 0) is 40.7 Å². The number of hydrogen-bond donors (Lipinski definition) is 0. The maximum atomic E-state index is 10.8. The molecule has 0 aliphatic heterocycles. The minimum absolute atomic E-state index is 0.333. The predicted molar refractivity (Wildman–Crippen MR) is 68.3 cm³/mol. The van der Waals surface area contributed by atoms with Gasteiger partial charge in [-0.15, -0.1) is 13.2 Å². The fourth-order valence-electron chi connectivity index (χ4n) is 0. The van der Waals surface area contributed by atoms with Gasteiger partial charge in [-0.25, -0.2) is 4.39 Å². The van der Waals surface area contributed by atoms with Gasteiger partial charge in [-0.3, -0.25) is 0 Å². The first-order valence-corrected chi connectivity index (χ1v) is 4.63. The van der Waals surface area contributed by atoms with Crippen molar-refractivity contribution in [2.24, 2.45) is 0 Å². The monoisotopic (exact) mass is 236 g/mol. The van der Waals surface area contributed by atoms with Crippen molar-refractivity contribution < 1.29 is 13.2 Å². The van der Waals surface area contributed by atoms with Gasteiger partial charge in [0.2, 0.25) is 0 Å². The van der Waals surface area contributed by atoms with Crippen molar-refractivity contribution in [3.63, 3.8) is 0 Å². The second kappa shape index (κ2) is 23.5. The van der Waals surface area contributed by atoms with Gasteiger partial charge in [-0.2, -0.15) is 8.78 Å². The fraction of sp³-hybridized carbons (Fsp3) is 0.385. The molecule has 0 amide bonds. The minimum Gasteiger partial charge on any atom is -0.213 e. The van der Waals surface area contributed by atoms with E-state index in [4.69, 9.17) is 0 Å². The third-order valence-electron chi connectivity index (χ3n) is 0.218. The van der Waals surface area contributed by atoms with Gasteiger partial charge in [0.05, 0.1) is 5.83 Å². The highest BCUT2D eigenvalue weighted by Crippen LogP contribution is 1.92. The smallest absolute Gasteiger partial charge is 0.213 e. The lowest BCUT2D eigenvalue weighted by molar-refractivity contribution is 0.420. The number of hydrogen-bond acceptors (Lipinski definition) is 0. The van der Waals surface area contributed by atoms with Crippen LogP contribution in [0.1, 0.15) is 34.6 Å². The van der Waals surface area contributed by atoms with Gasteiger partial charge in [0.25, 0.3) is 6.08 Å². The average molecular weight is 236 g/mol. The average Bonchev–Trinajstić information content (AvgIpc) is 2.03. The molecule has 0 radical (unpaired) electrons. The van der Waals surface area contributed by atoms with Crippen molar-refractivity contribution in [1.29, 1.82) is 0 Å². The first-order valence-electron chi connectivity index (χ1n) is 4.63. The van der Waals surface area contributed by atoms with Crippen molar-refractivity contribution in [3.8, 4) is 0 Å². The Kier molecular flexibility index (Phi) is 35.5. The van der Waals surface area contributed by atoms with Crippen molar-refractivity contribution in [1.82, 2.24) is 0 Å². The molecular weight excluding hydrogens is 213 g/mol. The van der Waals surface area contributed by atoms with Crippen LogP contribution in [0.2, 0.25) is 0 Å². The molecule has 0 aliphatic carbocycles. The van der Waals surface area contributed by atoms with E-state index in [1.807, 2.05) is 20.8 Å². The molecule has 0 fully saturated rings. The maximum Gasteiger partial charge on any atom is 0.266 e. The summed E-state index contributed by atoms with van der Waals surface area (Å²) in [5.74, 6) is -0.333. The number of allylic oxidation sites excluding steroid dienone is 4. The van der Waals surface area contributed by atoms with E-state index in [0.717, 1.165) is 6.08 Å². The molecule has 0 nitrogen and oxygen atoms in total. The van der Waals surface area contributed by atoms with Crippen LogP contribution in [0, 0.1) is 0 Å². The summed E-state index contributed by atoms with van der Waals surface area (Å²) in [5, 5.41) is 0. The zero-order valence-electron chi connectivity index (χ0n) is 10.9. The van der Waals surface area contributed by atoms with Crippen LogP contribution in [0.5, 0.6) is 0 Å². The van der Waals surface area contributed by atoms with Crippen molar-refractivity contribution >= 4 is 0 Å². The summed E-state index contributed by atoms with van der Waals surface area (Å²) in [4.78, 5) is 0. The third kappa shape index (κ3) is 3130. The predicted octanol–water partition coefficient (Wildman–Crippen LogP) is 6.05. The highest BCUT2D eigenvalue weighted by Gasteiger charge is 1.74. The van der Waals surface area contributed by atoms with Crippen LogP contribution in [-0.4, -0.2) is 0 Å². The molecule has 0 saturated heterocycles. The molecule has 0 atom stereocenters. The molecule has 0 aliphatic rings. The van der Waals surface area contributed by atoms with Crippen LogP contribution in [0.15, 0.2) is 49.4 Å². The number of rotatable bonds is 0. The Morgan fingerprint density at radius 1 is 0.938 bits per heavy atom. The summed E-state index contributed by atoms with van der Waals surface area (Å²) in [6, 6.07) is 0. The lowest BCUT2D eigenvalue weighted by Crippen LogP contribution is -1.44. The Morgan fingerprint density at radius 3 is 1.00 bits per heavy atom. The van der Waals surface area contributed by atoms with E-state index in [2.05, 4.69) is 19.7 Å². The molecule has 16 heavy (non-hydrogen) atoms. The quantitative estimate of drug-likeness (QED) is 0.449. The molecule has 0 N–H and O–H groups in total. The first-order chi connectivity index (χ1) is 7.15. The van der Waals surface area contributed by atoms with Crippen molar-refractivity contribution in [2.75, 3.05) is 0 Å². The molecule has 0 saturated carbocycles. The standard InChI is InChI=1S/C4H8.C3H4F2.C3H5F.C3H6/c1-4(2)3;1-2-3(4)5;1-3(2)4;1-3-2/h1H2,2-3H3;2H,1H3;1H2,2H3;3H,1H2,2H3. The fourth-order valence-corrected chi connectivity index (χ4v) is 0. The van der Waals surface area contributed by atoms with Gasteiger partial charge in [-0.1, -0.05) is 18.2 Å². The summed E-state index contributed by atoms with van der Waals surface area (Å²) in [6.07, 6.45) is 0.880. The normalized spacial score (nSPS) is 6.25. The zero-order valence-corrected chi connectivity index (χ0v) is 10.9.